The van der Waals surface area contributed by atoms with Crippen molar-refractivity contribution in [3.05, 3.63) is 29.3 Å². The molecule has 0 aromatic heterocycles. The lowest BCUT2D eigenvalue weighted by molar-refractivity contribution is 0.0135. The summed E-state index contributed by atoms with van der Waals surface area (Å²) in [5, 5.41) is 0. The summed E-state index contributed by atoms with van der Waals surface area (Å²) in [7, 11) is 1.98. The normalized spacial score (nSPS) is 17.4. The van der Waals surface area contributed by atoms with Crippen molar-refractivity contribution in [2.45, 2.75) is 18.9 Å². The van der Waals surface area contributed by atoms with Gasteiger partial charge in [-0.15, -0.1) is 0 Å². The summed E-state index contributed by atoms with van der Waals surface area (Å²) in [6, 6.07) is 1.57. The standard InChI is InChI=1S/C13H16F2N2O2/c1-17-4-2-8(3-5-17)19-13(18)9-6-12(16)11(15)7-10(9)14/h6-8H,2-5,16H2,1H3. The van der Waals surface area contributed by atoms with E-state index in [4.69, 9.17) is 10.5 Å². The van der Waals surface area contributed by atoms with E-state index in [0.717, 1.165) is 19.2 Å². The van der Waals surface area contributed by atoms with Crippen LogP contribution in [0.2, 0.25) is 0 Å². The summed E-state index contributed by atoms with van der Waals surface area (Å²) < 4.78 is 31.7. The third kappa shape index (κ3) is 3.20. The first-order chi connectivity index (χ1) is 8.97. The van der Waals surface area contributed by atoms with E-state index in [9.17, 15) is 13.6 Å². The first-order valence-corrected chi connectivity index (χ1v) is 6.11. The van der Waals surface area contributed by atoms with Gasteiger partial charge in [0.1, 0.15) is 17.7 Å². The predicted molar refractivity (Wildman–Crippen MR) is 66.7 cm³/mol. The summed E-state index contributed by atoms with van der Waals surface area (Å²) in [6.07, 6.45) is 1.19. The SMILES string of the molecule is CN1CCC(OC(=O)c2cc(N)c(F)cc2F)CC1. The Balaban J connectivity index is 2.06. The van der Waals surface area contributed by atoms with E-state index >= 15 is 0 Å². The molecule has 4 nitrogen and oxygen atoms in total. The van der Waals surface area contributed by atoms with Crippen molar-refractivity contribution in [2.24, 2.45) is 0 Å². The van der Waals surface area contributed by atoms with Gasteiger partial charge in [0.2, 0.25) is 0 Å². The maximum Gasteiger partial charge on any atom is 0.341 e. The lowest BCUT2D eigenvalue weighted by Crippen LogP contribution is -2.35. The number of nitrogens with zero attached hydrogens (tertiary/aromatic N) is 1. The third-order valence-electron chi connectivity index (χ3n) is 3.25. The van der Waals surface area contributed by atoms with Gasteiger partial charge in [-0.2, -0.15) is 0 Å². The van der Waals surface area contributed by atoms with Gasteiger partial charge in [0, 0.05) is 19.2 Å². The lowest BCUT2D eigenvalue weighted by Gasteiger charge is -2.28. The molecule has 2 rings (SSSR count). The number of benzene rings is 1. The second kappa shape index (κ2) is 5.52. The van der Waals surface area contributed by atoms with Gasteiger partial charge in [-0.05, 0) is 26.0 Å². The van der Waals surface area contributed by atoms with Crippen LogP contribution < -0.4 is 5.73 Å². The zero-order chi connectivity index (χ0) is 14.0. The van der Waals surface area contributed by atoms with E-state index in [1.54, 1.807) is 0 Å². The molecule has 0 spiro atoms. The Morgan fingerprint density at radius 2 is 1.95 bits per heavy atom. The molecule has 1 aromatic rings. The number of nitrogen functional groups attached to an aromatic ring is 1. The fraction of sp³-hybridized carbons (Fsp3) is 0.462. The largest absolute Gasteiger partial charge is 0.459 e. The van der Waals surface area contributed by atoms with Crippen LogP contribution in [0.5, 0.6) is 0 Å². The number of carbonyl (C=O) groups excluding carboxylic acids is 1. The molecule has 1 aliphatic rings. The van der Waals surface area contributed by atoms with E-state index in [-0.39, 0.29) is 17.4 Å². The number of halogens is 2. The van der Waals surface area contributed by atoms with Crippen LogP contribution in [0.1, 0.15) is 23.2 Å². The quantitative estimate of drug-likeness (QED) is 0.657. The summed E-state index contributed by atoms with van der Waals surface area (Å²) in [5.41, 5.74) is 4.73. The summed E-state index contributed by atoms with van der Waals surface area (Å²) in [4.78, 5) is 14.0. The molecule has 0 unspecified atom stereocenters. The maximum atomic E-state index is 13.5. The monoisotopic (exact) mass is 270 g/mol. The van der Waals surface area contributed by atoms with E-state index in [1.807, 2.05) is 7.05 Å². The van der Waals surface area contributed by atoms with Crippen molar-refractivity contribution < 1.29 is 18.3 Å². The van der Waals surface area contributed by atoms with Gasteiger partial charge in [-0.1, -0.05) is 0 Å². The van der Waals surface area contributed by atoms with Crippen LogP contribution in [0.15, 0.2) is 12.1 Å². The molecule has 2 N–H and O–H groups in total. The number of carbonyl (C=O) groups is 1. The lowest BCUT2D eigenvalue weighted by atomic mass is 10.1. The van der Waals surface area contributed by atoms with Crippen molar-refractivity contribution in [1.82, 2.24) is 4.90 Å². The Hall–Kier alpha value is -1.69. The van der Waals surface area contributed by atoms with Crippen molar-refractivity contribution >= 4 is 11.7 Å². The van der Waals surface area contributed by atoms with Crippen LogP contribution in [-0.2, 0) is 4.74 Å². The highest BCUT2D eigenvalue weighted by Gasteiger charge is 2.23. The van der Waals surface area contributed by atoms with Gasteiger partial charge < -0.3 is 15.4 Å². The van der Waals surface area contributed by atoms with Gasteiger partial charge in [0.15, 0.2) is 0 Å². The number of anilines is 1. The molecule has 104 valence electrons. The first-order valence-electron chi connectivity index (χ1n) is 6.11. The minimum Gasteiger partial charge on any atom is -0.459 e. The summed E-state index contributed by atoms with van der Waals surface area (Å²) in [5.74, 6) is -2.63. The van der Waals surface area contributed by atoms with Crippen LogP contribution >= 0.6 is 0 Å². The fourth-order valence-electron chi connectivity index (χ4n) is 2.04. The maximum absolute atomic E-state index is 13.5. The van der Waals surface area contributed by atoms with Crippen LogP contribution in [-0.4, -0.2) is 37.1 Å². The van der Waals surface area contributed by atoms with Crippen molar-refractivity contribution in [2.75, 3.05) is 25.9 Å². The van der Waals surface area contributed by atoms with Gasteiger partial charge in [-0.25, -0.2) is 13.6 Å². The highest BCUT2D eigenvalue weighted by molar-refractivity contribution is 5.90. The average Bonchev–Trinajstić information content (AvgIpc) is 2.36. The van der Waals surface area contributed by atoms with Crippen LogP contribution in [0.3, 0.4) is 0 Å². The average molecular weight is 270 g/mol. The summed E-state index contributed by atoms with van der Waals surface area (Å²) >= 11 is 0. The van der Waals surface area contributed by atoms with E-state index in [1.165, 1.54) is 0 Å². The van der Waals surface area contributed by atoms with E-state index in [2.05, 4.69) is 4.90 Å². The summed E-state index contributed by atoms with van der Waals surface area (Å²) in [6.45, 7) is 1.65. The highest BCUT2D eigenvalue weighted by Crippen LogP contribution is 2.20. The molecule has 19 heavy (non-hydrogen) atoms. The molecule has 6 heteroatoms. The molecule has 0 atom stereocenters. The molecule has 1 fully saturated rings. The third-order valence-corrected chi connectivity index (χ3v) is 3.25. The van der Waals surface area contributed by atoms with Crippen LogP contribution in [0, 0.1) is 11.6 Å². The van der Waals surface area contributed by atoms with E-state index in [0.29, 0.717) is 18.9 Å². The Morgan fingerprint density at radius 3 is 2.58 bits per heavy atom. The number of ether oxygens (including phenoxy) is 1. The molecule has 1 saturated heterocycles. The fourth-order valence-corrected chi connectivity index (χ4v) is 2.04. The van der Waals surface area contributed by atoms with E-state index < -0.39 is 17.6 Å². The number of hydrogen-bond acceptors (Lipinski definition) is 4. The van der Waals surface area contributed by atoms with Gasteiger partial charge in [-0.3, -0.25) is 0 Å². The Kier molecular flexibility index (Phi) is 3.99. The molecule has 0 aliphatic carbocycles. The minimum absolute atomic E-state index is 0.227. The molecule has 0 radical (unpaired) electrons. The Labute approximate surface area is 110 Å². The molecule has 1 aliphatic heterocycles. The van der Waals surface area contributed by atoms with Crippen LogP contribution in [0.4, 0.5) is 14.5 Å². The second-order valence-corrected chi connectivity index (χ2v) is 4.76. The number of esters is 1. The first kappa shape index (κ1) is 13.7. The number of rotatable bonds is 2. The van der Waals surface area contributed by atoms with Crippen molar-refractivity contribution in [3.63, 3.8) is 0 Å². The smallest absolute Gasteiger partial charge is 0.341 e. The minimum atomic E-state index is -0.954. The zero-order valence-corrected chi connectivity index (χ0v) is 10.7. The number of piperidine rings is 1. The van der Waals surface area contributed by atoms with Gasteiger partial charge in [0.05, 0.1) is 11.3 Å². The molecule has 0 saturated carbocycles. The van der Waals surface area contributed by atoms with Gasteiger partial charge >= 0.3 is 5.97 Å². The van der Waals surface area contributed by atoms with Crippen molar-refractivity contribution in [3.8, 4) is 0 Å². The Morgan fingerprint density at radius 1 is 1.32 bits per heavy atom. The Bertz CT molecular complexity index is 486. The molecule has 0 amide bonds. The van der Waals surface area contributed by atoms with Crippen molar-refractivity contribution in [1.29, 1.82) is 0 Å². The topological polar surface area (TPSA) is 55.6 Å². The second-order valence-electron chi connectivity index (χ2n) is 4.76. The number of hydrogen-bond donors (Lipinski definition) is 1. The van der Waals surface area contributed by atoms with Gasteiger partial charge in [0.25, 0.3) is 0 Å². The van der Waals surface area contributed by atoms with Crippen LogP contribution in [0.25, 0.3) is 0 Å². The number of nitrogens with two attached hydrogens (primary N) is 1. The molecule has 1 aromatic carbocycles. The molecule has 1 heterocycles. The molecular formula is C13H16F2N2O2. The predicted octanol–water partition coefficient (Wildman–Crippen LogP) is 1.80. The molecular weight excluding hydrogens is 254 g/mol. The highest BCUT2D eigenvalue weighted by atomic mass is 19.1. The number of likely N-dealkylation sites (tertiary alicyclic amines) is 1. The molecule has 0 bridgehead atoms. The zero-order valence-electron chi connectivity index (χ0n) is 10.7.